The van der Waals surface area contributed by atoms with Gasteiger partial charge in [-0.15, -0.1) is 0 Å². The number of benzene rings is 1. The van der Waals surface area contributed by atoms with Crippen molar-refractivity contribution in [3.63, 3.8) is 0 Å². The van der Waals surface area contributed by atoms with Gasteiger partial charge in [0, 0.05) is 24.3 Å². The number of hydrogen-bond donors (Lipinski definition) is 1. The molecule has 1 amide bonds. The van der Waals surface area contributed by atoms with E-state index in [0.29, 0.717) is 23.7 Å². The van der Waals surface area contributed by atoms with Crippen LogP contribution in [0.4, 0.5) is 0 Å². The maximum atomic E-state index is 11.6. The number of halogens is 1. The molecule has 92 valence electrons. The number of ether oxygens (including phenoxy) is 1. The molecule has 0 aliphatic carbocycles. The highest BCUT2D eigenvalue weighted by molar-refractivity contribution is 6.30. The van der Waals surface area contributed by atoms with Crippen LogP contribution in [0.25, 0.3) is 6.08 Å². The molecule has 17 heavy (non-hydrogen) atoms. The van der Waals surface area contributed by atoms with Gasteiger partial charge in [0.2, 0.25) is 5.91 Å². The highest BCUT2D eigenvalue weighted by atomic mass is 35.5. The Hall–Kier alpha value is -1.32. The van der Waals surface area contributed by atoms with Gasteiger partial charge in [-0.1, -0.05) is 23.7 Å². The molecule has 3 nitrogen and oxygen atoms in total. The first-order valence-corrected chi connectivity index (χ1v) is 5.72. The van der Waals surface area contributed by atoms with Crippen LogP contribution in [-0.2, 0) is 9.53 Å². The smallest absolute Gasteiger partial charge is 0.247 e. The largest absolute Gasteiger partial charge is 0.383 e. The van der Waals surface area contributed by atoms with Crippen molar-refractivity contribution in [2.75, 3.05) is 20.3 Å². The fourth-order valence-electron chi connectivity index (χ4n) is 1.28. The second kappa shape index (κ2) is 7.09. The summed E-state index contributed by atoms with van der Waals surface area (Å²) >= 11 is 5.78. The van der Waals surface area contributed by atoms with Crippen molar-refractivity contribution < 1.29 is 9.53 Å². The first-order valence-electron chi connectivity index (χ1n) is 5.34. The minimum absolute atomic E-state index is 0.0861. The van der Waals surface area contributed by atoms with Crippen molar-refractivity contribution in [1.82, 2.24) is 5.32 Å². The van der Waals surface area contributed by atoms with Gasteiger partial charge in [-0.2, -0.15) is 0 Å². The Balaban J connectivity index is 2.59. The zero-order valence-corrected chi connectivity index (χ0v) is 10.8. The molecule has 0 heterocycles. The molecule has 0 atom stereocenters. The van der Waals surface area contributed by atoms with Gasteiger partial charge in [-0.05, 0) is 30.7 Å². The molecule has 0 spiro atoms. The molecular formula is C13H16ClNO2. The minimum Gasteiger partial charge on any atom is -0.383 e. The SMILES string of the molecule is COCCNC(=O)/C(C)=C/c1ccc(Cl)cc1. The van der Waals surface area contributed by atoms with Gasteiger partial charge in [0.25, 0.3) is 0 Å². The molecule has 0 radical (unpaired) electrons. The van der Waals surface area contributed by atoms with Crippen LogP contribution in [0.5, 0.6) is 0 Å². The Morgan fingerprint density at radius 3 is 2.65 bits per heavy atom. The zero-order valence-electron chi connectivity index (χ0n) is 10.00. The first-order chi connectivity index (χ1) is 8.13. The van der Waals surface area contributed by atoms with Gasteiger partial charge in [0.1, 0.15) is 0 Å². The highest BCUT2D eigenvalue weighted by Gasteiger charge is 2.02. The predicted molar refractivity (Wildman–Crippen MR) is 70.0 cm³/mol. The summed E-state index contributed by atoms with van der Waals surface area (Å²) in [5.74, 6) is -0.0861. The fourth-order valence-corrected chi connectivity index (χ4v) is 1.41. The quantitative estimate of drug-likeness (QED) is 0.647. The van der Waals surface area contributed by atoms with Crippen molar-refractivity contribution in [2.24, 2.45) is 0 Å². The Bertz CT molecular complexity index is 398. The van der Waals surface area contributed by atoms with Crippen molar-refractivity contribution in [1.29, 1.82) is 0 Å². The lowest BCUT2D eigenvalue weighted by Crippen LogP contribution is -2.27. The van der Waals surface area contributed by atoms with Crippen LogP contribution < -0.4 is 5.32 Å². The second-order valence-corrected chi connectivity index (χ2v) is 4.06. The summed E-state index contributed by atoms with van der Waals surface area (Å²) in [5, 5.41) is 3.44. The summed E-state index contributed by atoms with van der Waals surface area (Å²) in [6.07, 6.45) is 1.82. The molecule has 0 saturated heterocycles. The number of carbonyl (C=O) groups is 1. The molecule has 0 aromatic heterocycles. The molecule has 0 aliphatic rings. The molecule has 1 rings (SSSR count). The number of amides is 1. The molecule has 0 unspecified atom stereocenters. The lowest BCUT2D eigenvalue weighted by molar-refractivity contribution is -0.117. The molecular weight excluding hydrogens is 238 g/mol. The van der Waals surface area contributed by atoms with Crippen LogP contribution in [0.15, 0.2) is 29.8 Å². The average molecular weight is 254 g/mol. The predicted octanol–water partition coefficient (Wildman–Crippen LogP) is 2.51. The standard InChI is InChI=1S/C13H16ClNO2/c1-10(13(16)15-7-8-17-2)9-11-3-5-12(14)6-4-11/h3-6,9H,7-8H2,1-2H3,(H,15,16)/b10-9+. The van der Waals surface area contributed by atoms with Crippen LogP contribution in [0.1, 0.15) is 12.5 Å². The lowest BCUT2D eigenvalue weighted by Gasteiger charge is -2.04. The van der Waals surface area contributed by atoms with Gasteiger partial charge < -0.3 is 10.1 Å². The number of methoxy groups -OCH3 is 1. The van der Waals surface area contributed by atoms with Gasteiger partial charge in [0.05, 0.1) is 6.61 Å². The number of carbonyl (C=O) groups excluding carboxylic acids is 1. The molecule has 1 N–H and O–H groups in total. The fraction of sp³-hybridized carbons (Fsp3) is 0.308. The third-order valence-electron chi connectivity index (χ3n) is 2.20. The third kappa shape index (κ3) is 5.02. The van der Waals surface area contributed by atoms with E-state index in [1.165, 1.54) is 0 Å². The van der Waals surface area contributed by atoms with Gasteiger partial charge in [-0.3, -0.25) is 4.79 Å². The topological polar surface area (TPSA) is 38.3 Å². The highest BCUT2D eigenvalue weighted by Crippen LogP contribution is 2.12. The average Bonchev–Trinajstić information content (AvgIpc) is 2.32. The normalized spacial score (nSPS) is 11.4. The van der Waals surface area contributed by atoms with E-state index in [0.717, 1.165) is 5.56 Å². The molecule has 0 fully saturated rings. The summed E-state index contributed by atoms with van der Waals surface area (Å²) in [4.78, 5) is 11.6. The minimum atomic E-state index is -0.0861. The van der Waals surface area contributed by atoms with Crippen LogP contribution in [0, 0.1) is 0 Å². The maximum absolute atomic E-state index is 11.6. The summed E-state index contributed by atoms with van der Waals surface area (Å²) in [6, 6.07) is 7.33. The van der Waals surface area contributed by atoms with E-state index in [-0.39, 0.29) is 5.91 Å². The first kappa shape index (κ1) is 13.7. The van der Waals surface area contributed by atoms with E-state index in [9.17, 15) is 4.79 Å². The number of nitrogens with one attached hydrogen (secondary N) is 1. The Labute approximate surface area is 106 Å². The second-order valence-electron chi connectivity index (χ2n) is 3.63. The van der Waals surface area contributed by atoms with E-state index >= 15 is 0 Å². The Morgan fingerprint density at radius 2 is 2.06 bits per heavy atom. The van der Waals surface area contributed by atoms with Crippen molar-refractivity contribution in [3.8, 4) is 0 Å². The van der Waals surface area contributed by atoms with E-state index in [1.54, 1.807) is 26.2 Å². The summed E-state index contributed by atoms with van der Waals surface area (Å²) in [6.45, 7) is 2.80. The molecule has 1 aromatic carbocycles. The Morgan fingerprint density at radius 1 is 1.41 bits per heavy atom. The number of hydrogen-bond acceptors (Lipinski definition) is 2. The number of rotatable bonds is 5. The van der Waals surface area contributed by atoms with Crippen molar-refractivity contribution in [3.05, 3.63) is 40.4 Å². The van der Waals surface area contributed by atoms with Crippen molar-refractivity contribution >= 4 is 23.6 Å². The van der Waals surface area contributed by atoms with Crippen LogP contribution >= 0.6 is 11.6 Å². The molecule has 0 saturated carbocycles. The molecule has 1 aromatic rings. The van der Waals surface area contributed by atoms with Gasteiger partial charge in [0.15, 0.2) is 0 Å². The summed E-state index contributed by atoms with van der Waals surface area (Å²) in [7, 11) is 1.60. The van der Waals surface area contributed by atoms with E-state index in [1.807, 2.05) is 18.2 Å². The summed E-state index contributed by atoms with van der Waals surface area (Å²) in [5.41, 5.74) is 1.61. The van der Waals surface area contributed by atoms with E-state index < -0.39 is 0 Å². The monoisotopic (exact) mass is 253 g/mol. The Kier molecular flexibility index (Phi) is 5.73. The summed E-state index contributed by atoms with van der Waals surface area (Å²) < 4.78 is 4.85. The third-order valence-corrected chi connectivity index (χ3v) is 2.46. The molecule has 0 aliphatic heterocycles. The zero-order chi connectivity index (χ0) is 12.7. The van der Waals surface area contributed by atoms with Crippen LogP contribution in [0.2, 0.25) is 5.02 Å². The van der Waals surface area contributed by atoms with Gasteiger partial charge in [-0.25, -0.2) is 0 Å². The van der Waals surface area contributed by atoms with E-state index in [2.05, 4.69) is 5.32 Å². The molecule has 4 heteroatoms. The van der Waals surface area contributed by atoms with Crippen LogP contribution in [-0.4, -0.2) is 26.2 Å². The van der Waals surface area contributed by atoms with Crippen LogP contribution in [0.3, 0.4) is 0 Å². The maximum Gasteiger partial charge on any atom is 0.247 e. The van der Waals surface area contributed by atoms with Gasteiger partial charge >= 0.3 is 0 Å². The van der Waals surface area contributed by atoms with E-state index in [4.69, 9.17) is 16.3 Å². The lowest BCUT2D eigenvalue weighted by atomic mass is 10.1. The molecule has 0 bridgehead atoms. The van der Waals surface area contributed by atoms with Crippen molar-refractivity contribution in [2.45, 2.75) is 6.92 Å².